The summed E-state index contributed by atoms with van der Waals surface area (Å²) in [4.78, 5) is 11.3. The van der Waals surface area contributed by atoms with Crippen molar-refractivity contribution in [2.75, 3.05) is 0 Å². The summed E-state index contributed by atoms with van der Waals surface area (Å²) in [7, 11) is 0. The second-order valence-corrected chi connectivity index (χ2v) is 5.00. The maximum Gasteiger partial charge on any atom is 0.264 e. The molecule has 0 radical (unpaired) electrons. The van der Waals surface area contributed by atoms with Crippen molar-refractivity contribution in [3.8, 4) is 11.3 Å². The summed E-state index contributed by atoms with van der Waals surface area (Å²) in [6, 6.07) is 7.97. The highest BCUT2D eigenvalue weighted by atomic mass is 16.1. The molecule has 0 saturated carbocycles. The lowest BCUT2D eigenvalue weighted by Crippen LogP contribution is -2.13. The van der Waals surface area contributed by atoms with E-state index in [1.807, 2.05) is 0 Å². The van der Waals surface area contributed by atoms with Gasteiger partial charge >= 0.3 is 0 Å². The van der Waals surface area contributed by atoms with Gasteiger partial charge in [0.1, 0.15) is 0 Å². The van der Waals surface area contributed by atoms with Crippen LogP contribution in [-0.2, 0) is 19.4 Å². The molecule has 0 atom stereocenters. The van der Waals surface area contributed by atoms with Gasteiger partial charge in [-0.05, 0) is 48.4 Å². The molecule has 0 fully saturated rings. The minimum absolute atomic E-state index is 0.206. The third kappa shape index (κ3) is 2.31. The highest BCUT2D eigenvalue weighted by molar-refractivity contribution is 5.64. The van der Waals surface area contributed by atoms with Crippen LogP contribution in [0.2, 0.25) is 0 Å². The zero-order chi connectivity index (χ0) is 13.2. The molecule has 3 rings (SSSR count). The number of hydrogen-bond acceptors (Lipinski definition) is 3. The minimum atomic E-state index is -0.206. The summed E-state index contributed by atoms with van der Waals surface area (Å²) in [5.41, 5.74) is 11.0. The maximum atomic E-state index is 11.3. The molecule has 1 aromatic carbocycles. The van der Waals surface area contributed by atoms with Crippen molar-refractivity contribution in [1.29, 1.82) is 0 Å². The Balaban J connectivity index is 2.09. The zero-order valence-corrected chi connectivity index (χ0v) is 10.8. The van der Waals surface area contributed by atoms with Crippen LogP contribution in [-0.4, -0.2) is 10.2 Å². The number of fused-ring (bicyclic) bond motifs is 1. The molecule has 3 N–H and O–H groups in total. The molecule has 4 nitrogen and oxygen atoms in total. The molecule has 1 aliphatic rings. The van der Waals surface area contributed by atoms with Crippen LogP contribution in [0, 0.1) is 0 Å². The molecule has 4 heteroatoms. The van der Waals surface area contributed by atoms with E-state index in [1.54, 1.807) is 0 Å². The van der Waals surface area contributed by atoms with Gasteiger partial charge in [-0.25, -0.2) is 5.10 Å². The monoisotopic (exact) mass is 255 g/mol. The third-order valence-corrected chi connectivity index (χ3v) is 3.73. The fourth-order valence-corrected chi connectivity index (χ4v) is 2.73. The first kappa shape index (κ1) is 12.1. The molecule has 1 heterocycles. The summed E-state index contributed by atoms with van der Waals surface area (Å²) < 4.78 is 0. The number of nitrogens with zero attached hydrogens (tertiary/aromatic N) is 1. The van der Waals surface area contributed by atoms with Crippen molar-refractivity contribution in [3.05, 3.63) is 51.3 Å². The first-order valence-corrected chi connectivity index (χ1v) is 6.69. The molecule has 2 aromatic rings. The SMILES string of the molecule is NCc1cc(=O)[nH]nc1-c1ccc2c(c1)CCCC2. The van der Waals surface area contributed by atoms with Gasteiger partial charge in [-0.2, -0.15) is 5.10 Å². The summed E-state index contributed by atoms with van der Waals surface area (Å²) >= 11 is 0. The van der Waals surface area contributed by atoms with Crippen molar-refractivity contribution in [3.63, 3.8) is 0 Å². The molecule has 0 saturated heterocycles. The molecule has 1 aromatic heterocycles. The maximum absolute atomic E-state index is 11.3. The molecular weight excluding hydrogens is 238 g/mol. The number of nitrogens with two attached hydrogens (primary N) is 1. The van der Waals surface area contributed by atoms with Gasteiger partial charge in [0.2, 0.25) is 0 Å². The largest absolute Gasteiger partial charge is 0.326 e. The standard InChI is InChI=1S/C15H17N3O/c16-9-13-8-14(19)17-18-15(13)12-6-5-10-3-1-2-4-11(10)7-12/h5-8H,1-4,9,16H2,(H,17,19). The van der Waals surface area contributed by atoms with Crippen LogP contribution in [0.3, 0.4) is 0 Å². The number of benzene rings is 1. The van der Waals surface area contributed by atoms with Gasteiger partial charge in [0.05, 0.1) is 5.69 Å². The average Bonchev–Trinajstić information content (AvgIpc) is 2.46. The van der Waals surface area contributed by atoms with E-state index in [0.717, 1.165) is 23.2 Å². The Morgan fingerprint density at radius 3 is 2.74 bits per heavy atom. The lowest BCUT2D eigenvalue weighted by Gasteiger charge is -2.17. The molecular formula is C15H17N3O. The number of aromatic amines is 1. The topological polar surface area (TPSA) is 71.8 Å². The Morgan fingerprint density at radius 2 is 1.95 bits per heavy atom. The summed E-state index contributed by atoms with van der Waals surface area (Å²) in [6.45, 7) is 0.323. The number of aromatic nitrogens is 2. The van der Waals surface area contributed by atoms with E-state index in [0.29, 0.717) is 6.54 Å². The van der Waals surface area contributed by atoms with Gasteiger partial charge in [0.15, 0.2) is 0 Å². The van der Waals surface area contributed by atoms with Gasteiger partial charge in [0, 0.05) is 18.2 Å². The Bertz CT molecular complexity index is 661. The molecule has 0 amide bonds. The quantitative estimate of drug-likeness (QED) is 0.859. The molecule has 98 valence electrons. The summed E-state index contributed by atoms with van der Waals surface area (Å²) in [5, 5.41) is 6.64. The van der Waals surface area contributed by atoms with Crippen molar-refractivity contribution >= 4 is 0 Å². The highest BCUT2D eigenvalue weighted by Gasteiger charge is 2.12. The highest BCUT2D eigenvalue weighted by Crippen LogP contribution is 2.27. The number of aryl methyl sites for hydroxylation is 2. The Hall–Kier alpha value is -1.94. The van der Waals surface area contributed by atoms with Gasteiger partial charge in [0.25, 0.3) is 5.56 Å². The van der Waals surface area contributed by atoms with E-state index in [1.165, 1.54) is 36.5 Å². The van der Waals surface area contributed by atoms with E-state index in [2.05, 4.69) is 28.4 Å². The zero-order valence-electron chi connectivity index (χ0n) is 10.8. The van der Waals surface area contributed by atoms with E-state index >= 15 is 0 Å². The fourth-order valence-electron chi connectivity index (χ4n) is 2.73. The van der Waals surface area contributed by atoms with Crippen LogP contribution >= 0.6 is 0 Å². The summed E-state index contributed by atoms with van der Waals surface area (Å²) in [5.74, 6) is 0. The van der Waals surface area contributed by atoms with Crippen LogP contribution in [0.4, 0.5) is 0 Å². The van der Waals surface area contributed by atoms with Gasteiger partial charge in [-0.15, -0.1) is 0 Å². The van der Waals surface area contributed by atoms with Gasteiger partial charge in [-0.1, -0.05) is 12.1 Å². The predicted molar refractivity (Wildman–Crippen MR) is 74.8 cm³/mol. The van der Waals surface area contributed by atoms with Crippen LogP contribution < -0.4 is 11.3 Å². The Morgan fingerprint density at radius 1 is 1.16 bits per heavy atom. The van der Waals surface area contributed by atoms with Crippen LogP contribution in [0.15, 0.2) is 29.1 Å². The number of nitrogens with one attached hydrogen (secondary N) is 1. The Kier molecular flexibility index (Phi) is 3.17. The minimum Gasteiger partial charge on any atom is -0.326 e. The molecule has 0 spiro atoms. The number of H-pyrrole nitrogens is 1. The Labute approximate surface area is 111 Å². The fraction of sp³-hybridized carbons (Fsp3) is 0.333. The van der Waals surface area contributed by atoms with Crippen molar-refractivity contribution in [2.24, 2.45) is 5.73 Å². The van der Waals surface area contributed by atoms with Gasteiger partial charge in [-0.3, -0.25) is 4.79 Å². The first-order valence-electron chi connectivity index (χ1n) is 6.69. The van der Waals surface area contributed by atoms with Crippen molar-refractivity contribution in [1.82, 2.24) is 10.2 Å². The first-order chi connectivity index (χ1) is 9.28. The van der Waals surface area contributed by atoms with Gasteiger partial charge < -0.3 is 5.73 Å². The predicted octanol–water partition coefficient (Wildman–Crippen LogP) is 1.77. The van der Waals surface area contributed by atoms with E-state index in [-0.39, 0.29) is 5.56 Å². The van der Waals surface area contributed by atoms with E-state index in [4.69, 9.17) is 5.73 Å². The molecule has 0 bridgehead atoms. The van der Waals surface area contributed by atoms with Crippen LogP contribution in [0.5, 0.6) is 0 Å². The number of hydrogen-bond donors (Lipinski definition) is 2. The molecule has 0 aliphatic heterocycles. The molecule has 0 unspecified atom stereocenters. The average molecular weight is 255 g/mol. The second-order valence-electron chi connectivity index (χ2n) is 5.00. The number of rotatable bonds is 2. The smallest absolute Gasteiger partial charge is 0.264 e. The lowest BCUT2D eigenvalue weighted by molar-refractivity contribution is 0.686. The lowest BCUT2D eigenvalue weighted by atomic mass is 9.89. The third-order valence-electron chi connectivity index (χ3n) is 3.73. The van der Waals surface area contributed by atoms with Crippen molar-refractivity contribution < 1.29 is 0 Å². The van der Waals surface area contributed by atoms with Crippen LogP contribution in [0.25, 0.3) is 11.3 Å². The molecule has 1 aliphatic carbocycles. The summed E-state index contributed by atoms with van der Waals surface area (Å²) in [6.07, 6.45) is 4.82. The van der Waals surface area contributed by atoms with Crippen molar-refractivity contribution in [2.45, 2.75) is 32.2 Å². The van der Waals surface area contributed by atoms with E-state index in [9.17, 15) is 4.79 Å². The van der Waals surface area contributed by atoms with Crippen LogP contribution in [0.1, 0.15) is 29.5 Å². The second kappa shape index (κ2) is 4.97. The normalized spacial score (nSPS) is 14.2. The van der Waals surface area contributed by atoms with E-state index < -0.39 is 0 Å². The molecule has 19 heavy (non-hydrogen) atoms.